The first-order valence-electron chi connectivity index (χ1n) is 7.14. The number of hydrogen-bond donors (Lipinski definition) is 3. The number of aromatic nitrogens is 1. The fraction of sp³-hybridized carbons (Fsp3) is 0.438. The summed E-state index contributed by atoms with van der Waals surface area (Å²) in [7, 11) is 0. The number of alkyl carbamates (subject to hydrolysis) is 1. The summed E-state index contributed by atoms with van der Waals surface area (Å²) in [6.07, 6.45) is 0.0633. The predicted molar refractivity (Wildman–Crippen MR) is 88.0 cm³/mol. The van der Waals surface area contributed by atoms with Crippen LogP contribution in [0.25, 0.3) is 10.9 Å². The van der Waals surface area contributed by atoms with Crippen LogP contribution < -0.4 is 5.32 Å². The third-order valence-corrected chi connectivity index (χ3v) is 3.50. The zero-order valence-electron chi connectivity index (χ0n) is 13.2. The molecule has 2 N–H and O–H groups in total. The number of H-pyrrole nitrogens is 1. The molecule has 0 radical (unpaired) electrons. The van der Waals surface area contributed by atoms with Crippen LogP contribution in [0.1, 0.15) is 33.3 Å². The van der Waals surface area contributed by atoms with E-state index in [0.29, 0.717) is 11.4 Å². The van der Waals surface area contributed by atoms with Crippen LogP contribution >= 0.6 is 12.6 Å². The predicted octanol–water partition coefficient (Wildman–Crippen LogP) is 4.05. The van der Waals surface area contributed by atoms with E-state index in [1.807, 2.05) is 27.7 Å². The first kappa shape index (κ1) is 16.7. The van der Waals surface area contributed by atoms with Crippen molar-refractivity contribution in [2.75, 3.05) is 0 Å². The molecule has 0 unspecified atom stereocenters. The number of carbonyl (C=O) groups excluding carboxylic acids is 1. The van der Waals surface area contributed by atoms with E-state index in [4.69, 9.17) is 4.74 Å². The first-order chi connectivity index (χ1) is 10.2. The van der Waals surface area contributed by atoms with Crippen molar-refractivity contribution in [2.24, 2.45) is 0 Å². The second kappa shape index (κ2) is 6.20. The van der Waals surface area contributed by atoms with Gasteiger partial charge in [0, 0.05) is 16.9 Å². The van der Waals surface area contributed by atoms with Gasteiger partial charge in [-0.05, 0) is 57.9 Å². The van der Waals surface area contributed by atoms with Crippen LogP contribution in [0.3, 0.4) is 0 Å². The van der Waals surface area contributed by atoms with Gasteiger partial charge in [-0.2, -0.15) is 0 Å². The largest absolute Gasteiger partial charge is 0.444 e. The Morgan fingerprint density at radius 1 is 1.45 bits per heavy atom. The molecular formula is C16H21FN2O2S. The molecule has 4 nitrogen and oxygen atoms in total. The summed E-state index contributed by atoms with van der Waals surface area (Å²) in [5, 5.41) is 4.24. The van der Waals surface area contributed by atoms with E-state index in [9.17, 15) is 9.18 Å². The topological polar surface area (TPSA) is 54.1 Å². The van der Waals surface area contributed by atoms with Crippen molar-refractivity contribution in [1.82, 2.24) is 10.3 Å². The number of ether oxygens (including phenoxy) is 1. The summed E-state index contributed by atoms with van der Waals surface area (Å²) >= 11 is 4.40. The molecule has 0 spiro atoms. The van der Waals surface area contributed by atoms with Crippen molar-refractivity contribution in [3.8, 4) is 0 Å². The van der Waals surface area contributed by atoms with Crippen molar-refractivity contribution < 1.29 is 13.9 Å². The lowest BCUT2D eigenvalue weighted by molar-refractivity contribution is 0.0508. The lowest BCUT2D eigenvalue weighted by Crippen LogP contribution is -2.38. The quantitative estimate of drug-likeness (QED) is 0.746. The second-order valence-corrected chi connectivity index (χ2v) is 6.84. The molecule has 0 aliphatic heterocycles. The lowest BCUT2D eigenvalue weighted by Gasteiger charge is -2.22. The first-order valence-corrected chi connectivity index (χ1v) is 7.59. The van der Waals surface area contributed by atoms with Crippen LogP contribution in [0.2, 0.25) is 0 Å². The third-order valence-electron chi connectivity index (χ3n) is 3.12. The highest BCUT2D eigenvalue weighted by molar-refractivity contribution is 7.80. The fourth-order valence-corrected chi connectivity index (χ4v) is 2.61. The van der Waals surface area contributed by atoms with Crippen LogP contribution in [-0.2, 0) is 11.2 Å². The van der Waals surface area contributed by atoms with Gasteiger partial charge < -0.3 is 15.0 Å². The van der Waals surface area contributed by atoms with Crippen molar-refractivity contribution in [1.29, 1.82) is 0 Å². The summed E-state index contributed by atoms with van der Waals surface area (Å²) in [6.45, 7) is 7.30. The zero-order valence-corrected chi connectivity index (χ0v) is 14.1. The van der Waals surface area contributed by atoms with Gasteiger partial charge in [-0.25, -0.2) is 9.18 Å². The molecule has 0 aliphatic rings. The number of thiol groups is 1. The molecule has 1 heterocycles. The number of fused-ring (bicyclic) bond motifs is 1. The Morgan fingerprint density at radius 2 is 2.14 bits per heavy atom. The minimum absolute atomic E-state index is 0.164. The number of benzene rings is 1. The molecule has 1 aromatic heterocycles. The van der Waals surface area contributed by atoms with E-state index in [2.05, 4.69) is 22.9 Å². The Labute approximate surface area is 134 Å². The highest BCUT2D eigenvalue weighted by atomic mass is 32.1. The van der Waals surface area contributed by atoms with Crippen LogP contribution in [0.5, 0.6) is 0 Å². The molecule has 1 aromatic carbocycles. The molecule has 0 aliphatic carbocycles. The van der Waals surface area contributed by atoms with Gasteiger partial charge in [0.05, 0.1) is 5.03 Å². The van der Waals surface area contributed by atoms with Crippen LogP contribution in [0, 0.1) is 5.82 Å². The summed E-state index contributed by atoms with van der Waals surface area (Å²) < 4.78 is 18.7. The van der Waals surface area contributed by atoms with Gasteiger partial charge in [-0.3, -0.25) is 0 Å². The maximum Gasteiger partial charge on any atom is 0.407 e. The molecule has 1 amide bonds. The van der Waals surface area contributed by atoms with Gasteiger partial charge in [0.2, 0.25) is 0 Å². The Hall–Kier alpha value is -1.69. The molecule has 2 rings (SSSR count). The summed E-state index contributed by atoms with van der Waals surface area (Å²) in [5.41, 5.74) is 1.16. The highest BCUT2D eigenvalue weighted by Crippen LogP contribution is 2.27. The Bertz CT molecular complexity index is 691. The molecule has 22 heavy (non-hydrogen) atoms. The van der Waals surface area contributed by atoms with Crippen molar-refractivity contribution in [3.63, 3.8) is 0 Å². The van der Waals surface area contributed by atoms with E-state index in [1.165, 1.54) is 12.1 Å². The monoisotopic (exact) mass is 324 g/mol. The number of rotatable bonds is 3. The van der Waals surface area contributed by atoms with Gasteiger partial charge in [0.15, 0.2) is 0 Å². The molecule has 1 atom stereocenters. The van der Waals surface area contributed by atoms with Crippen LogP contribution in [0.4, 0.5) is 9.18 Å². The van der Waals surface area contributed by atoms with E-state index in [1.54, 1.807) is 6.07 Å². The summed E-state index contributed by atoms with van der Waals surface area (Å²) in [4.78, 5) is 14.9. The van der Waals surface area contributed by atoms with Gasteiger partial charge in [-0.1, -0.05) is 0 Å². The third kappa shape index (κ3) is 4.16. The van der Waals surface area contributed by atoms with Crippen molar-refractivity contribution >= 4 is 29.6 Å². The maximum absolute atomic E-state index is 13.4. The normalized spacial score (nSPS) is 13.2. The molecular weight excluding hydrogens is 303 g/mol. The standard InChI is InChI=1S/C16H21FN2O2S/c1-9(18-15(20)21-16(2,3)4)7-12-11-8-10(17)5-6-13(11)19-14(12)22/h5-6,8-9,19,22H,7H2,1-4H3,(H,18,20)/t9-/m1/s1. The fourth-order valence-electron chi connectivity index (χ4n) is 2.28. The molecule has 2 aromatic rings. The van der Waals surface area contributed by atoms with Gasteiger partial charge in [-0.15, -0.1) is 12.6 Å². The Kier molecular flexibility index (Phi) is 4.70. The average Bonchev–Trinajstić information content (AvgIpc) is 2.63. The van der Waals surface area contributed by atoms with Crippen LogP contribution in [-0.4, -0.2) is 22.7 Å². The van der Waals surface area contributed by atoms with E-state index >= 15 is 0 Å². The number of hydrogen-bond acceptors (Lipinski definition) is 3. The van der Waals surface area contributed by atoms with Gasteiger partial charge >= 0.3 is 6.09 Å². The minimum Gasteiger partial charge on any atom is -0.444 e. The van der Waals surface area contributed by atoms with Crippen molar-refractivity contribution in [3.05, 3.63) is 29.6 Å². The lowest BCUT2D eigenvalue weighted by atomic mass is 10.1. The number of halogens is 1. The van der Waals surface area contributed by atoms with Crippen LogP contribution in [0.15, 0.2) is 23.2 Å². The molecule has 0 fully saturated rings. The molecule has 0 saturated heterocycles. The average molecular weight is 324 g/mol. The van der Waals surface area contributed by atoms with Gasteiger partial charge in [0.1, 0.15) is 11.4 Å². The number of carbonyl (C=O) groups is 1. The molecule has 0 bridgehead atoms. The molecule has 0 saturated carbocycles. The van der Waals surface area contributed by atoms with E-state index < -0.39 is 11.7 Å². The Balaban J connectivity index is 2.12. The zero-order chi connectivity index (χ0) is 16.5. The highest BCUT2D eigenvalue weighted by Gasteiger charge is 2.19. The summed E-state index contributed by atoms with van der Waals surface area (Å²) in [5.74, 6) is -0.297. The van der Waals surface area contributed by atoms with E-state index in [0.717, 1.165) is 16.5 Å². The Morgan fingerprint density at radius 3 is 2.77 bits per heavy atom. The molecule has 6 heteroatoms. The minimum atomic E-state index is -0.539. The number of amides is 1. The molecule has 120 valence electrons. The smallest absolute Gasteiger partial charge is 0.407 e. The summed E-state index contributed by atoms with van der Waals surface area (Å²) in [6, 6.07) is 4.39. The number of nitrogens with one attached hydrogen (secondary N) is 2. The SMILES string of the molecule is C[C@H](Cc1c(S)[nH]c2ccc(F)cc12)NC(=O)OC(C)(C)C. The van der Waals surface area contributed by atoms with E-state index in [-0.39, 0.29) is 11.9 Å². The second-order valence-electron chi connectivity index (χ2n) is 6.39. The van der Waals surface area contributed by atoms with Gasteiger partial charge in [0.25, 0.3) is 0 Å². The number of aromatic amines is 1. The van der Waals surface area contributed by atoms with Crippen molar-refractivity contribution in [2.45, 2.75) is 50.8 Å². The maximum atomic E-state index is 13.4.